The minimum Gasteiger partial charge on any atom is -0.392 e. The molecule has 18 heavy (non-hydrogen) atoms. The standard InChI is InChI=1S/C13H23N3OS/c1-9(13(17)15-10-5-2-3-6-10)16-8-4-7-11(16)12(14)18/h9-11H,2-8H2,1H3,(H2,14,18)(H,15,17). The van der Waals surface area contributed by atoms with Crippen molar-refractivity contribution >= 4 is 23.1 Å². The number of hydrogen-bond donors (Lipinski definition) is 2. The fourth-order valence-corrected chi connectivity index (χ4v) is 3.35. The first kappa shape index (κ1) is 13.7. The number of hydrogen-bond acceptors (Lipinski definition) is 3. The second-order valence-electron chi connectivity index (χ2n) is 5.46. The lowest BCUT2D eigenvalue weighted by Crippen LogP contribution is -2.52. The Morgan fingerprint density at radius 1 is 1.33 bits per heavy atom. The summed E-state index contributed by atoms with van der Waals surface area (Å²) in [5.74, 6) is 0.130. The van der Waals surface area contributed by atoms with Gasteiger partial charge in [0.2, 0.25) is 5.91 Å². The van der Waals surface area contributed by atoms with Gasteiger partial charge in [-0.15, -0.1) is 0 Å². The average molecular weight is 269 g/mol. The zero-order chi connectivity index (χ0) is 13.1. The van der Waals surface area contributed by atoms with E-state index in [1.807, 2.05) is 6.92 Å². The molecule has 0 spiro atoms. The molecule has 1 aliphatic carbocycles. The lowest BCUT2D eigenvalue weighted by molar-refractivity contribution is -0.126. The van der Waals surface area contributed by atoms with Gasteiger partial charge in [-0.2, -0.15) is 0 Å². The predicted molar refractivity (Wildman–Crippen MR) is 76.4 cm³/mol. The van der Waals surface area contributed by atoms with Crippen LogP contribution in [-0.2, 0) is 4.79 Å². The summed E-state index contributed by atoms with van der Waals surface area (Å²) in [7, 11) is 0. The Balaban J connectivity index is 1.90. The zero-order valence-corrected chi connectivity index (χ0v) is 11.8. The molecular weight excluding hydrogens is 246 g/mol. The fraction of sp³-hybridized carbons (Fsp3) is 0.846. The SMILES string of the molecule is CC(C(=O)NC1CCCC1)N1CCCC1C(N)=S. The molecule has 2 aliphatic rings. The molecule has 1 heterocycles. The molecule has 0 radical (unpaired) electrons. The quantitative estimate of drug-likeness (QED) is 0.753. The summed E-state index contributed by atoms with van der Waals surface area (Å²) in [5.41, 5.74) is 5.75. The maximum absolute atomic E-state index is 12.2. The molecule has 3 N–H and O–H groups in total. The molecule has 4 nitrogen and oxygen atoms in total. The first-order valence-electron chi connectivity index (χ1n) is 6.95. The number of carbonyl (C=O) groups is 1. The summed E-state index contributed by atoms with van der Waals surface area (Å²) in [5, 5.41) is 3.15. The van der Waals surface area contributed by atoms with Crippen LogP contribution in [0, 0.1) is 0 Å². The Kier molecular flexibility index (Phi) is 4.56. The van der Waals surface area contributed by atoms with Crippen molar-refractivity contribution in [2.75, 3.05) is 6.54 Å². The normalized spacial score (nSPS) is 27.3. The van der Waals surface area contributed by atoms with Gasteiger partial charge in [-0.1, -0.05) is 25.1 Å². The van der Waals surface area contributed by atoms with E-state index in [1.54, 1.807) is 0 Å². The number of amides is 1. The zero-order valence-electron chi connectivity index (χ0n) is 11.0. The van der Waals surface area contributed by atoms with Crippen molar-refractivity contribution in [1.82, 2.24) is 10.2 Å². The molecule has 102 valence electrons. The molecule has 0 aromatic carbocycles. The van der Waals surface area contributed by atoms with Gasteiger partial charge in [0.25, 0.3) is 0 Å². The van der Waals surface area contributed by atoms with E-state index in [0.717, 1.165) is 32.2 Å². The van der Waals surface area contributed by atoms with Crippen molar-refractivity contribution in [3.63, 3.8) is 0 Å². The van der Waals surface area contributed by atoms with Crippen molar-refractivity contribution in [2.24, 2.45) is 5.73 Å². The lowest BCUT2D eigenvalue weighted by atomic mass is 10.1. The largest absolute Gasteiger partial charge is 0.392 e. The Hall–Kier alpha value is -0.680. The summed E-state index contributed by atoms with van der Waals surface area (Å²) in [6, 6.07) is 0.356. The van der Waals surface area contributed by atoms with E-state index >= 15 is 0 Å². The fourth-order valence-electron chi connectivity index (χ4n) is 3.10. The van der Waals surface area contributed by atoms with Crippen LogP contribution in [0.4, 0.5) is 0 Å². The number of nitrogens with zero attached hydrogens (tertiary/aromatic N) is 1. The van der Waals surface area contributed by atoms with Crippen molar-refractivity contribution in [1.29, 1.82) is 0 Å². The van der Waals surface area contributed by atoms with E-state index in [2.05, 4.69) is 10.2 Å². The van der Waals surface area contributed by atoms with Gasteiger partial charge < -0.3 is 11.1 Å². The third-order valence-corrected chi connectivity index (χ3v) is 4.47. The third-order valence-electron chi connectivity index (χ3n) is 4.20. The number of carbonyl (C=O) groups excluding carboxylic acids is 1. The summed E-state index contributed by atoms with van der Waals surface area (Å²) < 4.78 is 0. The molecule has 0 aromatic heterocycles. The van der Waals surface area contributed by atoms with Gasteiger partial charge in [-0.3, -0.25) is 9.69 Å². The minimum absolute atomic E-state index is 0.101. The highest BCUT2D eigenvalue weighted by molar-refractivity contribution is 7.80. The Morgan fingerprint density at radius 3 is 2.61 bits per heavy atom. The van der Waals surface area contributed by atoms with Crippen molar-refractivity contribution < 1.29 is 4.79 Å². The van der Waals surface area contributed by atoms with E-state index in [-0.39, 0.29) is 18.0 Å². The second kappa shape index (κ2) is 5.97. The van der Waals surface area contributed by atoms with Gasteiger partial charge >= 0.3 is 0 Å². The summed E-state index contributed by atoms with van der Waals surface area (Å²) in [4.78, 5) is 14.9. The van der Waals surface area contributed by atoms with E-state index < -0.39 is 0 Å². The molecular formula is C13H23N3OS. The maximum atomic E-state index is 12.2. The maximum Gasteiger partial charge on any atom is 0.237 e. The van der Waals surface area contributed by atoms with Gasteiger partial charge in [-0.05, 0) is 39.2 Å². The van der Waals surface area contributed by atoms with Gasteiger partial charge in [0.15, 0.2) is 0 Å². The van der Waals surface area contributed by atoms with Crippen LogP contribution in [0.2, 0.25) is 0 Å². The number of thiocarbonyl (C=S) groups is 1. The minimum atomic E-state index is -0.125. The number of nitrogens with two attached hydrogens (primary N) is 1. The van der Waals surface area contributed by atoms with Gasteiger partial charge in [0.1, 0.15) is 0 Å². The van der Waals surface area contributed by atoms with Crippen LogP contribution in [0.25, 0.3) is 0 Å². The molecule has 2 fully saturated rings. The highest BCUT2D eigenvalue weighted by Gasteiger charge is 2.34. The third kappa shape index (κ3) is 3.01. The topological polar surface area (TPSA) is 58.4 Å². The van der Waals surface area contributed by atoms with Crippen LogP contribution >= 0.6 is 12.2 Å². The monoisotopic (exact) mass is 269 g/mol. The van der Waals surface area contributed by atoms with Crippen LogP contribution in [0.3, 0.4) is 0 Å². The van der Waals surface area contributed by atoms with Crippen LogP contribution in [0.1, 0.15) is 45.4 Å². The summed E-state index contributed by atoms with van der Waals surface area (Å²) in [6.07, 6.45) is 6.77. The average Bonchev–Trinajstić information content (AvgIpc) is 2.97. The van der Waals surface area contributed by atoms with Gasteiger partial charge in [0, 0.05) is 6.04 Å². The number of rotatable bonds is 4. The predicted octanol–water partition coefficient (Wildman–Crippen LogP) is 1.18. The molecule has 0 aromatic rings. The first-order valence-corrected chi connectivity index (χ1v) is 7.36. The first-order chi connectivity index (χ1) is 8.59. The highest BCUT2D eigenvalue weighted by Crippen LogP contribution is 2.22. The van der Waals surface area contributed by atoms with E-state index in [0.29, 0.717) is 11.0 Å². The van der Waals surface area contributed by atoms with Crippen LogP contribution in [0.15, 0.2) is 0 Å². The van der Waals surface area contributed by atoms with Crippen LogP contribution < -0.4 is 11.1 Å². The molecule has 5 heteroatoms. The van der Waals surface area contributed by atoms with Crippen molar-refractivity contribution in [2.45, 2.75) is 63.6 Å². The molecule has 2 rings (SSSR count). The lowest BCUT2D eigenvalue weighted by Gasteiger charge is -2.30. The Morgan fingerprint density at radius 2 is 2.00 bits per heavy atom. The van der Waals surface area contributed by atoms with Crippen LogP contribution in [-0.4, -0.2) is 40.5 Å². The second-order valence-corrected chi connectivity index (χ2v) is 5.94. The molecule has 0 bridgehead atoms. The molecule has 1 aliphatic heterocycles. The molecule has 2 unspecified atom stereocenters. The van der Waals surface area contributed by atoms with E-state index in [4.69, 9.17) is 18.0 Å². The van der Waals surface area contributed by atoms with Crippen LogP contribution in [0.5, 0.6) is 0 Å². The van der Waals surface area contributed by atoms with E-state index in [1.165, 1.54) is 12.8 Å². The van der Waals surface area contributed by atoms with Crippen molar-refractivity contribution in [3.8, 4) is 0 Å². The molecule has 2 atom stereocenters. The summed E-state index contributed by atoms with van der Waals surface area (Å²) in [6.45, 7) is 2.88. The van der Waals surface area contributed by atoms with Gasteiger partial charge in [0.05, 0.1) is 17.1 Å². The molecule has 1 amide bonds. The Bertz CT molecular complexity index is 328. The summed E-state index contributed by atoms with van der Waals surface area (Å²) >= 11 is 5.09. The highest BCUT2D eigenvalue weighted by atomic mass is 32.1. The molecule has 1 saturated heterocycles. The number of likely N-dealkylation sites (tertiary alicyclic amines) is 1. The van der Waals surface area contributed by atoms with Crippen molar-refractivity contribution in [3.05, 3.63) is 0 Å². The van der Waals surface area contributed by atoms with E-state index in [9.17, 15) is 4.79 Å². The Labute approximate surface area is 114 Å². The van der Waals surface area contributed by atoms with Gasteiger partial charge in [-0.25, -0.2) is 0 Å². The number of nitrogens with one attached hydrogen (secondary N) is 1. The smallest absolute Gasteiger partial charge is 0.237 e. The molecule has 1 saturated carbocycles.